The third-order valence-corrected chi connectivity index (χ3v) is 5.18. The Labute approximate surface area is 195 Å². The number of aromatic nitrogens is 3. The molecule has 0 fully saturated rings. The first-order valence-electron chi connectivity index (χ1n) is 10.7. The summed E-state index contributed by atoms with van der Waals surface area (Å²) in [5, 5.41) is 8.20. The fourth-order valence-corrected chi connectivity index (χ4v) is 3.38. The van der Waals surface area contributed by atoms with Crippen LogP contribution in [0.1, 0.15) is 40.2 Å². The van der Waals surface area contributed by atoms with Gasteiger partial charge in [-0.25, -0.2) is 13.5 Å². The zero-order valence-electron chi connectivity index (χ0n) is 18.5. The van der Waals surface area contributed by atoms with Crippen molar-refractivity contribution >= 4 is 5.78 Å². The highest BCUT2D eigenvalue weighted by Crippen LogP contribution is 2.26. The Morgan fingerprint density at radius 3 is 2.06 bits per heavy atom. The fourth-order valence-electron chi connectivity index (χ4n) is 3.38. The van der Waals surface area contributed by atoms with Crippen molar-refractivity contribution in [2.24, 2.45) is 0 Å². The summed E-state index contributed by atoms with van der Waals surface area (Å²) in [6, 6.07) is 19.0. The second kappa shape index (κ2) is 10.8. The summed E-state index contributed by atoms with van der Waals surface area (Å²) < 4.78 is 40.2. The Morgan fingerprint density at radius 1 is 0.912 bits per heavy atom. The van der Waals surface area contributed by atoms with Gasteiger partial charge in [-0.15, -0.1) is 5.10 Å². The standard InChI is InChI=1S/C26H23F2N3O3/c1-18(32)19-6-12-25(13-7-19)34-17-24-16-31(30-29-24)14-15-33-26(20-2-8-22(27)9-3-20)21-4-10-23(28)11-5-21/h2-13,16,26H,14-15,17H2,1H3. The van der Waals surface area contributed by atoms with Crippen molar-refractivity contribution in [3.05, 3.63) is 113 Å². The highest BCUT2D eigenvalue weighted by atomic mass is 19.1. The van der Waals surface area contributed by atoms with Gasteiger partial charge >= 0.3 is 0 Å². The monoisotopic (exact) mass is 463 g/mol. The Morgan fingerprint density at radius 2 is 1.50 bits per heavy atom. The van der Waals surface area contributed by atoms with Gasteiger partial charge in [0.2, 0.25) is 0 Å². The lowest BCUT2D eigenvalue weighted by atomic mass is 10.0. The number of rotatable bonds is 10. The van der Waals surface area contributed by atoms with Crippen LogP contribution in [0.4, 0.5) is 8.78 Å². The SMILES string of the molecule is CC(=O)c1ccc(OCc2cn(CCOC(c3ccc(F)cc3)c3ccc(F)cc3)nn2)cc1. The van der Waals surface area contributed by atoms with E-state index in [9.17, 15) is 13.6 Å². The van der Waals surface area contributed by atoms with Gasteiger partial charge in [0.25, 0.3) is 0 Å². The van der Waals surface area contributed by atoms with Crippen molar-refractivity contribution in [3.8, 4) is 5.75 Å². The van der Waals surface area contributed by atoms with E-state index in [1.165, 1.54) is 31.2 Å². The van der Waals surface area contributed by atoms with Gasteiger partial charge in [-0.3, -0.25) is 4.79 Å². The van der Waals surface area contributed by atoms with Crippen molar-refractivity contribution in [2.45, 2.75) is 26.2 Å². The molecule has 4 rings (SSSR count). The van der Waals surface area contributed by atoms with Crippen LogP contribution in [-0.2, 0) is 17.9 Å². The first kappa shape index (κ1) is 23.3. The van der Waals surface area contributed by atoms with Crippen molar-refractivity contribution in [1.29, 1.82) is 0 Å². The number of hydrogen-bond acceptors (Lipinski definition) is 5. The molecule has 34 heavy (non-hydrogen) atoms. The van der Waals surface area contributed by atoms with Gasteiger partial charge < -0.3 is 9.47 Å². The first-order valence-corrected chi connectivity index (χ1v) is 10.7. The zero-order valence-corrected chi connectivity index (χ0v) is 18.5. The second-order valence-electron chi connectivity index (χ2n) is 7.70. The maximum atomic E-state index is 13.4. The van der Waals surface area contributed by atoms with E-state index in [1.54, 1.807) is 59.4 Å². The zero-order chi connectivity index (χ0) is 23.9. The van der Waals surface area contributed by atoms with Gasteiger partial charge in [-0.2, -0.15) is 0 Å². The van der Waals surface area contributed by atoms with Crippen LogP contribution < -0.4 is 4.74 Å². The summed E-state index contributed by atoms with van der Waals surface area (Å²) in [5.41, 5.74) is 2.79. The van der Waals surface area contributed by atoms with Gasteiger partial charge in [0.15, 0.2) is 5.78 Å². The highest BCUT2D eigenvalue weighted by molar-refractivity contribution is 5.94. The summed E-state index contributed by atoms with van der Waals surface area (Å²) >= 11 is 0. The van der Waals surface area contributed by atoms with Crippen LogP contribution in [0, 0.1) is 11.6 Å². The number of ketones is 1. The third-order valence-electron chi connectivity index (χ3n) is 5.18. The Bertz CT molecular complexity index is 1180. The van der Waals surface area contributed by atoms with E-state index in [-0.39, 0.29) is 24.0 Å². The van der Waals surface area contributed by atoms with E-state index in [1.807, 2.05) is 0 Å². The number of hydrogen-bond donors (Lipinski definition) is 0. The van der Waals surface area contributed by atoms with Crippen LogP contribution in [0.15, 0.2) is 79.0 Å². The predicted molar refractivity (Wildman–Crippen MR) is 121 cm³/mol. The van der Waals surface area contributed by atoms with Crippen LogP contribution in [0.2, 0.25) is 0 Å². The van der Waals surface area contributed by atoms with Crippen molar-refractivity contribution < 1.29 is 23.0 Å². The molecule has 3 aromatic carbocycles. The van der Waals surface area contributed by atoms with Gasteiger partial charge in [0, 0.05) is 5.56 Å². The average molecular weight is 463 g/mol. The van der Waals surface area contributed by atoms with Gasteiger partial charge in [-0.05, 0) is 66.6 Å². The smallest absolute Gasteiger partial charge is 0.159 e. The highest BCUT2D eigenvalue weighted by Gasteiger charge is 2.15. The fraction of sp³-hybridized carbons (Fsp3) is 0.192. The van der Waals surface area contributed by atoms with Crippen LogP contribution in [0.25, 0.3) is 0 Å². The molecule has 0 radical (unpaired) electrons. The van der Waals surface area contributed by atoms with Crippen LogP contribution in [0.3, 0.4) is 0 Å². The lowest BCUT2D eigenvalue weighted by Crippen LogP contribution is -2.12. The molecule has 8 heteroatoms. The van der Waals surface area contributed by atoms with E-state index >= 15 is 0 Å². The maximum absolute atomic E-state index is 13.4. The molecule has 0 bridgehead atoms. The number of benzene rings is 3. The third kappa shape index (κ3) is 6.11. The van der Waals surface area contributed by atoms with E-state index < -0.39 is 6.10 Å². The van der Waals surface area contributed by atoms with Gasteiger partial charge in [-0.1, -0.05) is 29.5 Å². The molecule has 0 aliphatic carbocycles. The van der Waals surface area contributed by atoms with E-state index in [4.69, 9.17) is 9.47 Å². The lowest BCUT2D eigenvalue weighted by molar-refractivity contribution is 0.0716. The molecule has 0 spiro atoms. The second-order valence-corrected chi connectivity index (χ2v) is 7.70. The number of nitrogens with zero attached hydrogens (tertiary/aromatic N) is 3. The molecular weight excluding hydrogens is 440 g/mol. The summed E-state index contributed by atoms with van der Waals surface area (Å²) in [6.07, 6.45) is 1.28. The maximum Gasteiger partial charge on any atom is 0.159 e. The van der Waals surface area contributed by atoms with Crippen molar-refractivity contribution in [1.82, 2.24) is 15.0 Å². The normalized spacial score (nSPS) is 11.1. The summed E-state index contributed by atoms with van der Waals surface area (Å²) in [5.74, 6) is -0.0512. The quantitative estimate of drug-likeness (QED) is 0.305. The molecule has 6 nitrogen and oxygen atoms in total. The minimum atomic E-state index is -0.481. The first-order chi connectivity index (χ1) is 16.5. The molecule has 174 valence electrons. The Balaban J connectivity index is 1.34. The van der Waals surface area contributed by atoms with Crippen molar-refractivity contribution in [2.75, 3.05) is 6.61 Å². The summed E-state index contributed by atoms with van der Waals surface area (Å²) in [7, 11) is 0. The topological polar surface area (TPSA) is 66.2 Å². The number of carbonyl (C=O) groups is 1. The number of halogens is 2. The number of ether oxygens (including phenoxy) is 2. The molecule has 0 aliphatic rings. The van der Waals surface area contributed by atoms with E-state index in [2.05, 4.69) is 10.3 Å². The molecule has 0 aliphatic heterocycles. The van der Waals surface area contributed by atoms with Crippen LogP contribution in [-0.4, -0.2) is 27.4 Å². The van der Waals surface area contributed by atoms with Crippen LogP contribution in [0.5, 0.6) is 5.75 Å². The lowest BCUT2D eigenvalue weighted by Gasteiger charge is -2.19. The molecule has 0 saturated carbocycles. The molecule has 0 saturated heterocycles. The number of Topliss-reactive ketones (excluding diaryl/α,β-unsaturated/α-hetero) is 1. The van der Waals surface area contributed by atoms with Crippen molar-refractivity contribution in [3.63, 3.8) is 0 Å². The molecule has 0 unspecified atom stereocenters. The molecule has 1 heterocycles. The van der Waals surface area contributed by atoms with Crippen LogP contribution >= 0.6 is 0 Å². The van der Waals surface area contributed by atoms with Gasteiger partial charge in [0.05, 0.1) is 19.3 Å². The molecule has 0 N–H and O–H groups in total. The van der Waals surface area contributed by atoms with E-state index in [0.717, 1.165) is 11.1 Å². The Hall–Kier alpha value is -3.91. The summed E-state index contributed by atoms with van der Waals surface area (Å²) in [6.45, 7) is 2.47. The molecule has 1 aromatic heterocycles. The average Bonchev–Trinajstić information content (AvgIpc) is 3.30. The van der Waals surface area contributed by atoms with Gasteiger partial charge in [0.1, 0.15) is 35.8 Å². The minimum absolute atomic E-state index is 0.00203. The molecule has 4 aromatic rings. The van der Waals surface area contributed by atoms with E-state index in [0.29, 0.717) is 30.2 Å². The largest absolute Gasteiger partial charge is 0.487 e. The summed E-state index contributed by atoms with van der Waals surface area (Å²) in [4.78, 5) is 11.4. The Kier molecular flexibility index (Phi) is 7.39. The molecular formula is C26H23F2N3O3. The number of carbonyl (C=O) groups excluding carboxylic acids is 1. The predicted octanol–water partition coefficient (Wildman–Crippen LogP) is 5.14. The molecule has 0 amide bonds. The minimum Gasteiger partial charge on any atom is -0.487 e. The molecule has 0 atom stereocenters.